The monoisotopic (exact) mass is 392 g/mol. The number of para-hydroxylation sites is 2. The normalized spacial score (nSPS) is 10.7. The van der Waals surface area contributed by atoms with Crippen molar-refractivity contribution in [2.45, 2.75) is 33.3 Å². The van der Waals surface area contributed by atoms with Crippen LogP contribution in [0.1, 0.15) is 25.2 Å². The first-order valence-corrected chi connectivity index (χ1v) is 9.78. The molecule has 2 aromatic carbocycles. The van der Waals surface area contributed by atoms with Gasteiger partial charge in [-0.1, -0.05) is 24.3 Å². The number of aryl methyl sites for hydroxylation is 1. The van der Waals surface area contributed by atoms with Crippen LogP contribution in [0, 0.1) is 6.92 Å². The Morgan fingerprint density at radius 2 is 1.69 bits per heavy atom. The maximum Gasteiger partial charge on any atom is 0.143 e. The zero-order valence-corrected chi connectivity index (χ0v) is 17.4. The number of hydrogen-bond acceptors (Lipinski definition) is 6. The molecule has 3 rings (SSSR count). The fourth-order valence-electron chi connectivity index (χ4n) is 2.91. The Kier molecular flexibility index (Phi) is 6.89. The van der Waals surface area contributed by atoms with Crippen molar-refractivity contribution in [3.8, 4) is 11.5 Å². The van der Waals surface area contributed by atoms with Gasteiger partial charge in [-0.15, -0.1) is 0 Å². The average Bonchev–Trinajstić information content (AvgIpc) is 2.69. The lowest BCUT2D eigenvalue weighted by atomic mass is 10.1. The number of ether oxygens (including phenoxy) is 2. The smallest absolute Gasteiger partial charge is 0.143 e. The minimum Gasteiger partial charge on any atom is -0.497 e. The van der Waals surface area contributed by atoms with Crippen molar-refractivity contribution in [2.24, 2.45) is 0 Å². The predicted molar refractivity (Wildman–Crippen MR) is 117 cm³/mol. The summed E-state index contributed by atoms with van der Waals surface area (Å²) in [7, 11) is 1.67. The molecule has 0 aliphatic carbocycles. The molecule has 0 spiro atoms. The summed E-state index contributed by atoms with van der Waals surface area (Å²) in [5, 5.41) is 6.73. The molecule has 0 bridgehead atoms. The number of rotatable bonds is 9. The summed E-state index contributed by atoms with van der Waals surface area (Å²) in [6.45, 7) is 6.68. The van der Waals surface area contributed by atoms with E-state index < -0.39 is 0 Å². The second kappa shape index (κ2) is 9.78. The molecule has 0 aliphatic heterocycles. The van der Waals surface area contributed by atoms with Crippen molar-refractivity contribution in [1.29, 1.82) is 0 Å². The van der Waals surface area contributed by atoms with E-state index in [9.17, 15) is 0 Å². The quantitative estimate of drug-likeness (QED) is 0.535. The van der Waals surface area contributed by atoms with Crippen LogP contribution >= 0.6 is 0 Å². The summed E-state index contributed by atoms with van der Waals surface area (Å²) in [6, 6.07) is 17.9. The minimum atomic E-state index is 0.0975. The lowest BCUT2D eigenvalue weighted by Crippen LogP contribution is -2.09. The molecule has 1 aromatic heterocycles. The molecule has 29 heavy (non-hydrogen) atoms. The zero-order chi connectivity index (χ0) is 20.6. The third-order valence-corrected chi connectivity index (χ3v) is 4.23. The van der Waals surface area contributed by atoms with Gasteiger partial charge in [0.25, 0.3) is 0 Å². The number of nitrogens with zero attached hydrogens (tertiary/aromatic N) is 2. The van der Waals surface area contributed by atoms with Gasteiger partial charge in [-0.05, 0) is 57.0 Å². The van der Waals surface area contributed by atoms with E-state index in [0.29, 0.717) is 5.82 Å². The number of nitrogens with one attached hydrogen (secondary N) is 2. The van der Waals surface area contributed by atoms with Crippen molar-refractivity contribution in [3.63, 3.8) is 0 Å². The molecule has 0 aliphatic rings. The van der Waals surface area contributed by atoms with E-state index in [0.717, 1.165) is 41.8 Å². The molecule has 1 heterocycles. The van der Waals surface area contributed by atoms with Gasteiger partial charge < -0.3 is 20.1 Å². The van der Waals surface area contributed by atoms with Gasteiger partial charge in [-0.25, -0.2) is 9.97 Å². The molecule has 2 N–H and O–H groups in total. The second-order valence-electron chi connectivity index (χ2n) is 7.00. The lowest BCUT2D eigenvalue weighted by Gasteiger charge is -2.16. The summed E-state index contributed by atoms with van der Waals surface area (Å²) >= 11 is 0. The molecule has 0 fully saturated rings. The van der Waals surface area contributed by atoms with Crippen LogP contribution in [0.5, 0.6) is 11.5 Å². The van der Waals surface area contributed by atoms with E-state index in [1.807, 2.05) is 63.2 Å². The molecular weight excluding hydrogens is 364 g/mol. The number of aromatic nitrogens is 2. The van der Waals surface area contributed by atoms with Crippen LogP contribution in [-0.2, 0) is 6.42 Å². The number of anilines is 3. The summed E-state index contributed by atoms with van der Waals surface area (Å²) in [5.74, 6) is 3.88. The van der Waals surface area contributed by atoms with Gasteiger partial charge in [0.2, 0.25) is 0 Å². The highest BCUT2D eigenvalue weighted by Crippen LogP contribution is 2.28. The van der Waals surface area contributed by atoms with Crippen LogP contribution in [0.25, 0.3) is 0 Å². The molecule has 6 heteroatoms. The van der Waals surface area contributed by atoms with Crippen LogP contribution in [0.15, 0.2) is 54.6 Å². The molecule has 0 saturated carbocycles. The van der Waals surface area contributed by atoms with E-state index in [1.54, 1.807) is 7.11 Å². The van der Waals surface area contributed by atoms with Gasteiger partial charge in [0, 0.05) is 12.6 Å². The topological polar surface area (TPSA) is 68.3 Å². The highest BCUT2D eigenvalue weighted by molar-refractivity contribution is 5.65. The van der Waals surface area contributed by atoms with Crippen molar-refractivity contribution in [2.75, 3.05) is 24.3 Å². The molecule has 0 unspecified atom stereocenters. The van der Waals surface area contributed by atoms with E-state index in [4.69, 9.17) is 9.47 Å². The van der Waals surface area contributed by atoms with Crippen molar-refractivity contribution < 1.29 is 9.47 Å². The first kappa shape index (κ1) is 20.5. The van der Waals surface area contributed by atoms with Gasteiger partial charge in [0.05, 0.1) is 18.9 Å². The minimum absolute atomic E-state index is 0.0975. The van der Waals surface area contributed by atoms with Gasteiger partial charge in [-0.2, -0.15) is 0 Å². The number of benzene rings is 2. The Hall–Kier alpha value is -3.28. The molecule has 152 valence electrons. The summed E-state index contributed by atoms with van der Waals surface area (Å²) in [6.07, 6.45) is 0.987. The van der Waals surface area contributed by atoms with Gasteiger partial charge in [0.15, 0.2) is 0 Å². The van der Waals surface area contributed by atoms with Crippen LogP contribution in [0.3, 0.4) is 0 Å². The van der Waals surface area contributed by atoms with Gasteiger partial charge >= 0.3 is 0 Å². The maximum absolute atomic E-state index is 5.88. The molecular formula is C23H28N4O2. The zero-order valence-electron chi connectivity index (χ0n) is 17.4. The van der Waals surface area contributed by atoms with Gasteiger partial charge in [0.1, 0.15) is 29.0 Å². The molecule has 3 aromatic rings. The molecule has 0 atom stereocenters. The molecule has 0 radical (unpaired) electrons. The average molecular weight is 393 g/mol. The van der Waals surface area contributed by atoms with E-state index in [1.165, 1.54) is 5.56 Å². The van der Waals surface area contributed by atoms with Gasteiger partial charge in [-0.3, -0.25) is 0 Å². The fraction of sp³-hybridized carbons (Fsp3) is 0.304. The maximum atomic E-state index is 5.88. The lowest BCUT2D eigenvalue weighted by molar-refractivity contribution is 0.244. The highest BCUT2D eigenvalue weighted by atomic mass is 16.5. The van der Waals surface area contributed by atoms with Crippen molar-refractivity contribution in [1.82, 2.24) is 9.97 Å². The van der Waals surface area contributed by atoms with Crippen molar-refractivity contribution in [3.05, 3.63) is 66.0 Å². The Morgan fingerprint density at radius 1 is 0.966 bits per heavy atom. The second-order valence-corrected chi connectivity index (χ2v) is 7.00. The first-order chi connectivity index (χ1) is 14.0. The van der Waals surface area contributed by atoms with Crippen LogP contribution in [0.4, 0.5) is 17.3 Å². The molecule has 0 amide bonds. The highest BCUT2D eigenvalue weighted by Gasteiger charge is 2.08. The number of hydrogen-bond donors (Lipinski definition) is 2. The Labute approximate surface area is 172 Å². The van der Waals surface area contributed by atoms with Crippen LogP contribution in [-0.4, -0.2) is 29.7 Å². The molecule has 6 nitrogen and oxygen atoms in total. The Balaban J connectivity index is 1.65. The van der Waals surface area contributed by atoms with E-state index >= 15 is 0 Å². The van der Waals surface area contributed by atoms with E-state index in [-0.39, 0.29) is 6.10 Å². The summed E-state index contributed by atoms with van der Waals surface area (Å²) in [5.41, 5.74) is 2.12. The SMILES string of the molecule is COc1ccc(CCNc2cc(Nc3ccccc3OC(C)C)nc(C)n2)cc1. The van der Waals surface area contributed by atoms with E-state index in [2.05, 4.69) is 32.7 Å². The Morgan fingerprint density at radius 3 is 2.41 bits per heavy atom. The predicted octanol–water partition coefficient (Wildman–Crippen LogP) is 4.98. The third kappa shape index (κ3) is 6.10. The molecule has 0 saturated heterocycles. The summed E-state index contributed by atoms with van der Waals surface area (Å²) in [4.78, 5) is 8.99. The van der Waals surface area contributed by atoms with Crippen LogP contribution < -0.4 is 20.1 Å². The Bertz CT molecular complexity index is 926. The largest absolute Gasteiger partial charge is 0.497 e. The summed E-state index contributed by atoms with van der Waals surface area (Å²) < 4.78 is 11.1. The standard InChI is InChI=1S/C23H28N4O2/c1-16(2)29-21-8-6-5-7-20(21)27-23-15-22(25-17(3)26-23)24-14-13-18-9-11-19(28-4)12-10-18/h5-12,15-16H,13-14H2,1-4H3,(H2,24,25,26,27). The number of methoxy groups -OCH3 is 1. The van der Waals surface area contributed by atoms with Crippen molar-refractivity contribution >= 4 is 17.3 Å². The first-order valence-electron chi connectivity index (χ1n) is 9.78. The third-order valence-electron chi connectivity index (χ3n) is 4.23. The van der Waals surface area contributed by atoms with Crippen LogP contribution in [0.2, 0.25) is 0 Å². The fourth-order valence-corrected chi connectivity index (χ4v) is 2.91.